The van der Waals surface area contributed by atoms with Gasteiger partial charge in [0.05, 0.1) is 16.1 Å². The van der Waals surface area contributed by atoms with Gasteiger partial charge in [0.15, 0.2) is 0 Å². The maximum Gasteiger partial charge on any atom is 0.404 e. The molecule has 2 aliphatic rings. The third kappa shape index (κ3) is 4.91. The molecule has 0 unspecified atom stereocenters. The van der Waals surface area contributed by atoms with E-state index < -0.39 is 6.09 Å². The summed E-state index contributed by atoms with van der Waals surface area (Å²) in [6.45, 7) is 1.39. The SMILES string of the molecule is COC1CCC(C(=O)N2C[C@@H](CNC(=O)O)[C@@H](c3ccc(Cl)c(Cl)c3)C2)CC1. The highest BCUT2D eigenvalue weighted by atomic mass is 35.5. The van der Waals surface area contributed by atoms with E-state index in [1.807, 2.05) is 17.0 Å². The van der Waals surface area contributed by atoms with Crippen LogP contribution in [-0.4, -0.2) is 54.9 Å². The van der Waals surface area contributed by atoms with Crippen molar-refractivity contribution in [1.82, 2.24) is 10.2 Å². The molecule has 0 radical (unpaired) electrons. The van der Waals surface area contributed by atoms with Crippen LogP contribution in [0.25, 0.3) is 0 Å². The average Bonchev–Trinajstić information content (AvgIpc) is 3.12. The molecule has 1 aliphatic heterocycles. The fourth-order valence-electron chi connectivity index (χ4n) is 4.40. The van der Waals surface area contributed by atoms with E-state index in [-0.39, 0.29) is 29.8 Å². The van der Waals surface area contributed by atoms with Crippen molar-refractivity contribution in [1.29, 1.82) is 0 Å². The van der Waals surface area contributed by atoms with Crippen LogP contribution < -0.4 is 5.32 Å². The molecule has 2 amide bonds. The first kappa shape index (κ1) is 21.2. The number of ether oxygens (including phenoxy) is 1. The number of carboxylic acid groups (broad SMARTS) is 1. The summed E-state index contributed by atoms with van der Waals surface area (Å²) in [5.41, 5.74) is 0.977. The van der Waals surface area contributed by atoms with E-state index >= 15 is 0 Å². The minimum atomic E-state index is -1.06. The molecule has 1 saturated heterocycles. The van der Waals surface area contributed by atoms with Gasteiger partial charge >= 0.3 is 6.09 Å². The Morgan fingerprint density at radius 2 is 1.89 bits per heavy atom. The largest absolute Gasteiger partial charge is 0.465 e. The third-order valence-corrected chi connectivity index (χ3v) is 6.74. The summed E-state index contributed by atoms with van der Waals surface area (Å²) in [7, 11) is 1.72. The second-order valence-corrected chi connectivity index (χ2v) is 8.49. The Morgan fingerprint density at radius 1 is 1.18 bits per heavy atom. The van der Waals surface area contributed by atoms with E-state index in [1.54, 1.807) is 13.2 Å². The molecule has 6 nitrogen and oxygen atoms in total. The van der Waals surface area contributed by atoms with Gasteiger partial charge in [-0.15, -0.1) is 0 Å². The van der Waals surface area contributed by atoms with Crippen molar-refractivity contribution in [2.75, 3.05) is 26.7 Å². The van der Waals surface area contributed by atoms with Crippen LogP contribution >= 0.6 is 23.2 Å². The predicted octanol–water partition coefficient (Wildman–Crippen LogP) is 4.01. The van der Waals surface area contributed by atoms with Crippen LogP contribution in [0.1, 0.15) is 37.2 Å². The highest BCUT2D eigenvalue weighted by molar-refractivity contribution is 6.42. The summed E-state index contributed by atoms with van der Waals surface area (Å²) in [5.74, 6) is 0.193. The van der Waals surface area contributed by atoms with E-state index in [9.17, 15) is 9.59 Å². The number of likely N-dealkylation sites (tertiary alicyclic amines) is 1. The molecule has 1 aromatic rings. The number of nitrogens with zero attached hydrogens (tertiary/aromatic N) is 1. The number of carbonyl (C=O) groups is 2. The van der Waals surface area contributed by atoms with E-state index in [0.29, 0.717) is 29.7 Å². The Bertz CT molecular complexity index is 722. The minimum absolute atomic E-state index is 0.00685. The maximum atomic E-state index is 13.1. The van der Waals surface area contributed by atoms with Gasteiger partial charge in [0, 0.05) is 44.5 Å². The number of methoxy groups -OCH3 is 1. The number of amides is 2. The number of carbonyl (C=O) groups excluding carboxylic acids is 1. The normalized spacial score (nSPS) is 27.6. The van der Waals surface area contributed by atoms with Gasteiger partial charge in [0.1, 0.15) is 0 Å². The molecular formula is C20H26Cl2N2O4. The summed E-state index contributed by atoms with van der Waals surface area (Å²) in [6, 6.07) is 5.47. The molecule has 154 valence electrons. The Balaban J connectivity index is 1.72. The molecule has 0 aromatic heterocycles. The van der Waals surface area contributed by atoms with Gasteiger partial charge in [0.25, 0.3) is 0 Å². The predicted molar refractivity (Wildman–Crippen MR) is 108 cm³/mol. The second-order valence-electron chi connectivity index (χ2n) is 7.68. The molecule has 1 heterocycles. The molecule has 2 fully saturated rings. The molecule has 1 aromatic carbocycles. The smallest absolute Gasteiger partial charge is 0.404 e. The Kier molecular flexibility index (Phi) is 7.07. The summed E-state index contributed by atoms with van der Waals surface area (Å²) in [5, 5.41) is 12.4. The van der Waals surface area contributed by atoms with Gasteiger partial charge in [-0.3, -0.25) is 4.79 Å². The Hall–Kier alpha value is -1.50. The lowest BCUT2D eigenvalue weighted by atomic mass is 9.86. The standard InChI is InChI=1S/C20H26Cl2N2O4/c1-28-15-5-2-12(3-6-15)19(25)24-10-14(9-23-20(26)27)16(11-24)13-4-7-17(21)18(22)8-13/h4,7-8,12,14-16,23H,2-3,5-6,9-11H2,1H3,(H,26,27)/t12?,14-,15?,16-/m1/s1. The van der Waals surface area contributed by atoms with Crippen molar-refractivity contribution in [3.05, 3.63) is 33.8 Å². The van der Waals surface area contributed by atoms with Crippen LogP contribution in [0.3, 0.4) is 0 Å². The van der Waals surface area contributed by atoms with Gasteiger partial charge in [-0.1, -0.05) is 29.3 Å². The molecular weight excluding hydrogens is 403 g/mol. The molecule has 3 rings (SSSR count). The number of hydrogen-bond acceptors (Lipinski definition) is 3. The molecule has 1 saturated carbocycles. The number of rotatable bonds is 5. The molecule has 0 spiro atoms. The summed E-state index contributed by atoms with van der Waals surface area (Å²) < 4.78 is 5.40. The van der Waals surface area contributed by atoms with Gasteiger partial charge in [0.2, 0.25) is 5.91 Å². The quantitative estimate of drug-likeness (QED) is 0.742. The van der Waals surface area contributed by atoms with Crippen LogP contribution in [-0.2, 0) is 9.53 Å². The molecule has 8 heteroatoms. The molecule has 28 heavy (non-hydrogen) atoms. The van der Waals surface area contributed by atoms with Crippen LogP contribution in [0.4, 0.5) is 4.79 Å². The molecule has 2 N–H and O–H groups in total. The highest BCUT2D eigenvalue weighted by Crippen LogP contribution is 2.37. The summed E-state index contributed by atoms with van der Waals surface area (Å²) in [4.78, 5) is 25.9. The number of benzene rings is 1. The van der Waals surface area contributed by atoms with Crippen LogP contribution in [0.15, 0.2) is 18.2 Å². The lowest BCUT2D eigenvalue weighted by Gasteiger charge is -2.30. The first-order chi connectivity index (χ1) is 13.4. The van der Waals surface area contributed by atoms with Crippen LogP contribution in [0.5, 0.6) is 0 Å². The van der Waals surface area contributed by atoms with Crippen molar-refractivity contribution in [3.8, 4) is 0 Å². The maximum absolute atomic E-state index is 13.1. The van der Waals surface area contributed by atoms with E-state index in [2.05, 4.69) is 5.32 Å². The monoisotopic (exact) mass is 428 g/mol. The lowest BCUT2D eigenvalue weighted by molar-refractivity contribution is -0.136. The van der Waals surface area contributed by atoms with E-state index in [1.165, 1.54) is 0 Å². The van der Waals surface area contributed by atoms with Gasteiger partial charge in [-0.05, 0) is 43.4 Å². The third-order valence-electron chi connectivity index (χ3n) is 6.00. The zero-order valence-electron chi connectivity index (χ0n) is 15.9. The van der Waals surface area contributed by atoms with Crippen LogP contribution in [0.2, 0.25) is 10.0 Å². The fourth-order valence-corrected chi connectivity index (χ4v) is 4.71. The van der Waals surface area contributed by atoms with Crippen molar-refractivity contribution in [3.63, 3.8) is 0 Å². The van der Waals surface area contributed by atoms with Crippen molar-refractivity contribution >= 4 is 35.2 Å². The second kappa shape index (κ2) is 9.33. The lowest BCUT2D eigenvalue weighted by Crippen LogP contribution is -2.38. The van der Waals surface area contributed by atoms with Gasteiger partial charge in [-0.2, -0.15) is 0 Å². The van der Waals surface area contributed by atoms with E-state index in [0.717, 1.165) is 31.2 Å². The first-order valence-corrected chi connectivity index (χ1v) is 10.4. The van der Waals surface area contributed by atoms with E-state index in [4.69, 9.17) is 33.0 Å². The summed E-state index contributed by atoms with van der Waals surface area (Å²) >= 11 is 12.2. The Labute approximate surface area is 175 Å². The number of hydrogen-bond donors (Lipinski definition) is 2. The van der Waals surface area contributed by atoms with Gasteiger partial charge < -0.3 is 20.1 Å². The summed E-state index contributed by atoms with van der Waals surface area (Å²) in [6.07, 6.45) is 2.67. The minimum Gasteiger partial charge on any atom is -0.465 e. The van der Waals surface area contributed by atoms with Crippen molar-refractivity contribution in [2.24, 2.45) is 11.8 Å². The van der Waals surface area contributed by atoms with Crippen molar-refractivity contribution < 1.29 is 19.4 Å². The molecule has 2 atom stereocenters. The topological polar surface area (TPSA) is 78.9 Å². The highest BCUT2D eigenvalue weighted by Gasteiger charge is 2.39. The van der Waals surface area contributed by atoms with Crippen LogP contribution in [0, 0.1) is 11.8 Å². The molecule has 0 bridgehead atoms. The van der Waals surface area contributed by atoms with Gasteiger partial charge in [-0.25, -0.2) is 4.79 Å². The molecule has 1 aliphatic carbocycles. The zero-order valence-corrected chi connectivity index (χ0v) is 17.4. The number of nitrogens with one attached hydrogen (secondary N) is 1. The Morgan fingerprint density at radius 3 is 2.50 bits per heavy atom. The average molecular weight is 429 g/mol. The van der Waals surface area contributed by atoms with Crippen molar-refractivity contribution in [2.45, 2.75) is 37.7 Å². The number of halogens is 2. The first-order valence-electron chi connectivity index (χ1n) is 9.62. The zero-order chi connectivity index (χ0) is 20.3. The fraction of sp³-hybridized carbons (Fsp3) is 0.600.